The lowest BCUT2D eigenvalue weighted by atomic mass is 9.88. The molecule has 1 aromatic heterocycles. The summed E-state index contributed by atoms with van der Waals surface area (Å²) in [5, 5.41) is 11.3. The number of rotatable bonds is 9. The first-order chi connectivity index (χ1) is 10.6. The summed E-state index contributed by atoms with van der Waals surface area (Å²) in [4.78, 5) is 4.70. The Morgan fingerprint density at radius 1 is 1.18 bits per heavy atom. The third-order valence-corrected chi connectivity index (χ3v) is 6.69. The van der Waals surface area contributed by atoms with Gasteiger partial charge in [-0.3, -0.25) is 0 Å². The van der Waals surface area contributed by atoms with E-state index in [9.17, 15) is 5.11 Å². The molecule has 22 heavy (non-hydrogen) atoms. The second kappa shape index (κ2) is 8.32. The fourth-order valence-corrected chi connectivity index (χ4v) is 5.16. The van der Waals surface area contributed by atoms with Crippen molar-refractivity contribution in [2.45, 2.75) is 74.5 Å². The summed E-state index contributed by atoms with van der Waals surface area (Å²) < 4.78 is 2.29. The van der Waals surface area contributed by atoms with Gasteiger partial charge in [0.15, 0.2) is 4.34 Å². The molecule has 0 bridgehead atoms. The molecule has 0 aliphatic heterocycles. The monoisotopic (exact) mass is 337 g/mol. The molecule has 1 unspecified atom stereocenters. The number of nitrogens with zero attached hydrogens (tertiary/aromatic N) is 1. The third-order valence-electron chi connectivity index (χ3n) is 4.24. The molecular formula is C18H27NOS2. The summed E-state index contributed by atoms with van der Waals surface area (Å²) in [6.07, 6.45) is 6.22. The van der Waals surface area contributed by atoms with Crippen LogP contribution in [0.15, 0.2) is 28.6 Å². The molecule has 0 fully saturated rings. The van der Waals surface area contributed by atoms with E-state index in [4.69, 9.17) is 4.98 Å². The molecule has 2 aromatic rings. The number of thiazole rings is 1. The van der Waals surface area contributed by atoms with Gasteiger partial charge in [0.05, 0.1) is 15.8 Å². The van der Waals surface area contributed by atoms with Crippen LogP contribution in [0.1, 0.15) is 59.3 Å². The van der Waals surface area contributed by atoms with Gasteiger partial charge >= 0.3 is 0 Å². The number of para-hydroxylation sites is 1. The van der Waals surface area contributed by atoms with Gasteiger partial charge in [0.2, 0.25) is 0 Å². The molecule has 0 spiro atoms. The van der Waals surface area contributed by atoms with Crippen LogP contribution >= 0.6 is 23.1 Å². The molecule has 122 valence electrons. The fraction of sp³-hybridized carbons (Fsp3) is 0.611. The molecule has 0 aliphatic rings. The van der Waals surface area contributed by atoms with Gasteiger partial charge < -0.3 is 5.11 Å². The summed E-state index contributed by atoms with van der Waals surface area (Å²) in [7, 11) is 0. The van der Waals surface area contributed by atoms with E-state index in [-0.39, 0.29) is 5.25 Å². The number of fused-ring (bicyclic) bond motifs is 1. The molecule has 0 aliphatic carbocycles. The zero-order valence-electron chi connectivity index (χ0n) is 13.8. The van der Waals surface area contributed by atoms with Crippen LogP contribution in [0, 0.1) is 0 Å². The highest BCUT2D eigenvalue weighted by Gasteiger charge is 2.33. The van der Waals surface area contributed by atoms with Crippen molar-refractivity contribution in [1.82, 2.24) is 4.98 Å². The van der Waals surface area contributed by atoms with E-state index in [1.54, 1.807) is 23.1 Å². The van der Waals surface area contributed by atoms with Crippen molar-refractivity contribution in [1.29, 1.82) is 0 Å². The Morgan fingerprint density at radius 3 is 2.41 bits per heavy atom. The standard InChI is InChI=1S/C18H27NOS2/c1-4-6-12-18(20,13-7-5-2)14(3)21-17-19-15-10-8-9-11-16(15)22-17/h8-11,14,20H,4-7,12-13H2,1-3H3. The van der Waals surface area contributed by atoms with Gasteiger partial charge in [0.25, 0.3) is 0 Å². The maximum atomic E-state index is 11.1. The van der Waals surface area contributed by atoms with Crippen molar-refractivity contribution < 1.29 is 5.11 Å². The van der Waals surface area contributed by atoms with Gasteiger partial charge in [-0.25, -0.2) is 4.98 Å². The summed E-state index contributed by atoms with van der Waals surface area (Å²) in [5.74, 6) is 0. The Hall–Kier alpha value is -0.580. The number of benzene rings is 1. The van der Waals surface area contributed by atoms with Gasteiger partial charge in [0, 0.05) is 5.25 Å². The Kier molecular flexibility index (Phi) is 6.72. The summed E-state index contributed by atoms with van der Waals surface area (Å²) in [6, 6.07) is 8.25. The molecule has 0 saturated carbocycles. The van der Waals surface area contributed by atoms with E-state index in [1.807, 2.05) is 6.07 Å². The number of thioether (sulfide) groups is 1. The molecule has 2 nitrogen and oxygen atoms in total. The topological polar surface area (TPSA) is 33.1 Å². The Bertz CT molecular complexity index is 540. The Morgan fingerprint density at radius 2 is 1.82 bits per heavy atom. The lowest BCUT2D eigenvalue weighted by molar-refractivity contribution is 0.0204. The van der Waals surface area contributed by atoms with Crippen LogP contribution in [0.5, 0.6) is 0 Å². The zero-order valence-corrected chi connectivity index (χ0v) is 15.5. The van der Waals surface area contributed by atoms with Crippen LogP contribution in [0.4, 0.5) is 0 Å². The molecular weight excluding hydrogens is 310 g/mol. The number of aromatic nitrogens is 1. The highest BCUT2D eigenvalue weighted by molar-refractivity contribution is 8.01. The number of unbranched alkanes of at least 4 members (excludes halogenated alkanes) is 2. The van der Waals surface area contributed by atoms with Crippen molar-refractivity contribution in [2.24, 2.45) is 0 Å². The minimum Gasteiger partial charge on any atom is -0.389 e. The Labute approximate surface area is 142 Å². The van der Waals surface area contributed by atoms with E-state index in [0.717, 1.165) is 48.4 Å². The van der Waals surface area contributed by atoms with Crippen molar-refractivity contribution in [3.63, 3.8) is 0 Å². The maximum absolute atomic E-state index is 11.1. The fourth-order valence-electron chi connectivity index (χ4n) is 2.66. The molecule has 0 radical (unpaired) electrons. The molecule has 1 N–H and O–H groups in total. The summed E-state index contributed by atoms with van der Waals surface area (Å²) in [6.45, 7) is 6.53. The first kappa shape index (κ1) is 17.8. The first-order valence-electron chi connectivity index (χ1n) is 8.33. The molecule has 4 heteroatoms. The largest absolute Gasteiger partial charge is 0.389 e. The van der Waals surface area contributed by atoms with Crippen LogP contribution in [0.2, 0.25) is 0 Å². The predicted molar refractivity (Wildman–Crippen MR) is 98.9 cm³/mol. The average Bonchev–Trinajstić information content (AvgIpc) is 2.93. The maximum Gasteiger partial charge on any atom is 0.151 e. The van der Waals surface area contributed by atoms with Gasteiger partial charge in [-0.2, -0.15) is 0 Å². The van der Waals surface area contributed by atoms with Crippen molar-refractivity contribution in [3.05, 3.63) is 24.3 Å². The smallest absolute Gasteiger partial charge is 0.151 e. The molecule has 1 aromatic carbocycles. The zero-order chi connectivity index (χ0) is 16.0. The van der Waals surface area contributed by atoms with Gasteiger partial charge in [0.1, 0.15) is 0 Å². The number of hydrogen-bond acceptors (Lipinski definition) is 4. The van der Waals surface area contributed by atoms with Crippen LogP contribution in [0.3, 0.4) is 0 Å². The highest BCUT2D eigenvalue weighted by atomic mass is 32.2. The normalized spacial score (nSPS) is 13.6. The van der Waals surface area contributed by atoms with Gasteiger partial charge in [-0.1, -0.05) is 70.3 Å². The van der Waals surface area contributed by atoms with Crippen LogP contribution in [-0.2, 0) is 0 Å². The molecule has 1 heterocycles. The summed E-state index contributed by atoms with van der Waals surface area (Å²) in [5.41, 5.74) is 0.488. The third kappa shape index (κ3) is 4.46. The van der Waals surface area contributed by atoms with Crippen molar-refractivity contribution in [2.75, 3.05) is 0 Å². The highest BCUT2D eigenvalue weighted by Crippen LogP contribution is 2.39. The lowest BCUT2D eigenvalue weighted by Gasteiger charge is -2.33. The average molecular weight is 338 g/mol. The molecule has 2 rings (SSSR count). The van der Waals surface area contributed by atoms with Crippen molar-refractivity contribution >= 4 is 33.3 Å². The van der Waals surface area contributed by atoms with Gasteiger partial charge in [-0.05, 0) is 25.0 Å². The molecule has 1 atom stereocenters. The predicted octanol–water partition coefficient (Wildman–Crippen LogP) is 5.89. The van der Waals surface area contributed by atoms with E-state index in [2.05, 4.69) is 39.0 Å². The molecule has 0 amide bonds. The lowest BCUT2D eigenvalue weighted by Crippen LogP contribution is -2.38. The second-order valence-electron chi connectivity index (χ2n) is 6.02. The van der Waals surface area contributed by atoms with E-state index in [0.29, 0.717) is 0 Å². The first-order valence-corrected chi connectivity index (χ1v) is 10.0. The van der Waals surface area contributed by atoms with E-state index in [1.165, 1.54) is 4.70 Å². The molecule has 0 saturated heterocycles. The van der Waals surface area contributed by atoms with E-state index < -0.39 is 5.60 Å². The Balaban J connectivity index is 2.10. The number of hydrogen-bond donors (Lipinski definition) is 1. The SMILES string of the molecule is CCCCC(O)(CCCC)C(C)Sc1nc2ccccc2s1. The van der Waals surface area contributed by atoms with Gasteiger partial charge in [-0.15, -0.1) is 11.3 Å². The van der Waals surface area contributed by atoms with Crippen molar-refractivity contribution in [3.8, 4) is 0 Å². The quantitative estimate of drug-likeness (QED) is 0.579. The number of aliphatic hydroxyl groups is 1. The van der Waals surface area contributed by atoms with Crippen LogP contribution in [-0.4, -0.2) is 20.9 Å². The minimum atomic E-state index is -0.575. The van der Waals surface area contributed by atoms with Crippen LogP contribution in [0.25, 0.3) is 10.2 Å². The van der Waals surface area contributed by atoms with E-state index >= 15 is 0 Å². The summed E-state index contributed by atoms with van der Waals surface area (Å²) >= 11 is 3.46. The minimum absolute atomic E-state index is 0.172. The van der Waals surface area contributed by atoms with Crippen LogP contribution < -0.4 is 0 Å². The second-order valence-corrected chi connectivity index (χ2v) is 8.64.